The second-order valence-corrected chi connectivity index (χ2v) is 6.05. The Labute approximate surface area is 126 Å². The van der Waals surface area contributed by atoms with Crippen LogP contribution in [0.3, 0.4) is 0 Å². The fourth-order valence-corrected chi connectivity index (χ4v) is 2.92. The number of benzene rings is 1. The minimum absolute atomic E-state index is 0.0204. The molecule has 1 atom stereocenters. The average molecular weight is 288 g/mol. The molecule has 0 heterocycles. The van der Waals surface area contributed by atoms with Gasteiger partial charge in [0.2, 0.25) is 0 Å². The van der Waals surface area contributed by atoms with Crippen molar-refractivity contribution < 1.29 is 9.53 Å². The first kappa shape index (κ1) is 14.4. The summed E-state index contributed by atoms with van der Waals surface area (Å²) >= 11 is 0. The molecule has 1 fully saturated rings. The van der Waals surface area contributed by atoms with Crippen molar-refractivity contribution in [1.29, 1.82) is 0 Å². The zero-order chi connectivity index (χ0) is 14.7. The van der Waals surface area contributed by atoms with Crippen molar-refractivity contribution in [1.82, 2.24) is 10.6 Å². The molecule has 2 aliphatic carbocycles. The minimum atomic E-state index is -0.0204. The number of ether oxygens (including phenoxy) is 1. The maximum Gasteiger partial charge on any atom is 0.257 e. The number of nitrogens with one attached hydrogen (secondary N) is 2. The first-order chi connectivity index (χ1) is 10.3. The van der Waals surface area contributed by atoms with E-state index in [0.717, 1.165) is 31.7 Å². The van der Waals surface area contributed by atoms with E-state index in [1.807, 2.05) is 6.07 Å². The van der Waals surface area contributed by atoms with Crippen molar-refractivity contribution in [3.05, 3.63) is 29.3 Å². The highest BCUT2D eigenvalue weighted by molar-refractivity contribution is 5.77. The van der Waals surface area contributed by atoms with E-state index < -0.39 is 0 Å². The van der Waals surface area contributed by atoms with Crippen molar-refractivity contribution in [2.24, 2.45) is 5.92 Å². The Balaban J connectivity index is 1.51. The van der Waals surface area contributed by atoms with Crippen LogP contribution in [0.2, 0.25) is 0 Å². The molecule has 114 valence electrons. The smallest absolute Gasteiger partial charge is 0.257 e. The number of amides is 1. The monoisotopic (exact) mass is 288 g/mol. The molecule has 4 nitrogen and oxygen atoms in total. The van der Waals surface area contributed by atoms with E-state index in [1.54, 1.807) is 0 Å². The van der Waals surface area contributed by atoms with Crippen LogP contribution in [0.1, 0.15) is 43.4 Å². The normalized spacial score (nSPS) is 20.1. The Bertz CT molecular complexity index is 512. The summed E-state index contributed by atoms with van der Waals surface area (Å²) in [5, 5.41) is 6.42. The van der Waals surface area contributed by atoms with E-state index in [0.29, 0.717) is 12.0 Å². The molecule has 0 saturated heterocycles. The molecule has 2 aliphatic rings. The third kappa shape index (κ3) is 3.76. The molecule has 0 radical (unpaired) electrons. The van der Waals surface area contributed by atoms with Crippen molar-refractivity contribution in [3.63, 3.8) is 0 Å². The van der Waals surface area contributed by atoms with Crippen molar-refractivity contribution >= 4 is 5.91 Å². The predicted molar refractivity (Wildman–Crippen MR) is 82.4 cm³/mol. The number of hydrogen-bond acceptors (Lipinski definition) is 3. The molecule has 0 aliphatic heterocycles. The molecule has 3 rings (SSSR count). The molecular weight excluding hydrogens is 264 g/mol. The van der Waals surface area contributed by atoms with Gasteiger partial charge in [0, 0.05) is 12.6 Å². The lowest BCUT2D eigenvalue weighted by atomic mass is 10.1. The molecule has 4 heteroatoms. The lowest BCUT2D eigenvalue weighted by Crippen LogP contribution is -2.30. The van der Waals surface area contributed by atoms with E-state index in [2.05, 4.69) is 29.7 Å². The molecular formula is C17H24N2O2. The minimum Gasteiger partial charge on any atom is -0.484 e. The molecule has 0 aromatic heterocycles. The van der Waals surface area contributed by atoms with Gasteiger partial charge in [0.1, 0.15) is 5.75 Å². The molecule has 21 heavy (non-hydrogen) atoms. The topological polar surface area (TPSA) is 50.4 Å². The lowest BCUT2D eigenvalue weighted by Gasteiger charge is -2.13. The highest BCUT2D eigenvalue weighted by Gasteiger charge is 2.23. The fourth-order valence-electron chi connectivity index (χ4n) is 2.92. The maximum absolute atomic E-state index is 11.7. The maximum atomic E-state index is 11.7. The number of carbonyl (C=O) groups is 1. The molecule has 0 bridgehead atoms. The summed E-state index contributed by atoms with van der Waals surface area (Å²) in [4.78, 5) is 11.7. The van der Waals surface area contributed by atoms with Crippen molar-refractivity contribution in [2.75, 3.05) is 19.7 Å². The number of hydrogen-bond donors (Lipinski definition) is 2. The average Bonchev–Trinajstić information content (AvgIpc) is 3.25. The predicted octanol–water partition coefficient (Wildman–Crippen LogP) is 2.19. The van der Waals surface area contributed by atoms with Crippen LogP contribution in [0.25, 0.3) is 0 Å². The molecule has 1 amide bonds. The largest absolute Gasteiger partial charge is 0.484 e. The molecule has 1 aromatic carbocycles. The summed E-state index contributed by atoms with van der Waals surface area (Å²) < 4.78 is 5.61. The molecule has 1 aromatic rings. The summed E-state index contributed by atoms with van der Waals surface area (Å²) in [6.07, 6.45) is 4.73. The summed E-state index contributed by atoms with van der Waals surface area (Å²) in [7, 11) is 0. The van der Waals surface area contributed by atoms with Gasteiger partial charge in [0.25, 0.3) is 5.91 Å². The van der Waals surface area contributed by atoms with Gasteiger partial charge in [-0.05, 0) is 61.4 Å². The lowest BCUT2D eigenvalue weighted by molar-refractivity contribution is -0.123. The van der Waals surface area contributed by atoms with Crippen LogP contribution in [0.4, 0.5) is 0 Å². The van der Waals surface area contributed by atoms with Gasteiger partial charge in [-0.3, -0.25) is 4.79 Å². The van der Waals surface area contributed by atoms with Crippen LogP contribution in [-0.2, 0) is 11.2 Å². The van der Waals surface area contributed by atoms with E-state index in [-0.39, 0.29) is 12.5 Å². The Hall–Kier alpha value is -1.55. The SMILES string of the molecule is CCNC1CCc2cc(OCC(=O)NCC3CC3)ccc21. The summed E-state index contributed by atoms with van der Waals surface area (Å²) in [5.74, 6) is 1.48. The Morgan fingerprint density at radius 2 is 2.19 bits per heavy atom. The van der Waals surface area contributed by atoms with Gasteiger partial charge in [0.05, 0.1) is 0 Å². The highest BCUT2D eigenvalue weighted by Crippen LogP contribution is 2.33. The number of carbonyl (C=O) groups excluding carboxylic acids is 1. The van der Waals surface area contributed by atoms with Crippen LogP contribution in [-0.4, -0.2) is 25.6 Å². The van der Waals surface area contributed by atoms with Gasteiger partial charge in [-0.25, -0.2) is 0 Å². The van der Waals surface area contributed by atoms with Crippen LogP contribution in [0.15, 0.2) is 18.2 Å². The standard InChI is InChI=1S/C17H24N2O2/c1-2-18-16-8-5-13-9-14(6-7-15(13)16)21-11-17(20)19-10-12-3-4-12/h6-7,9,12,16,18H,2-5,8,10-11H2,1H3,(H,19,20). The van der Waals surface area contributed by atoms with E-state index in [1.165, 1.54) is 24.0 Å². The Morgan fingerprint density at radius 1 is 1.33 bits per heavy atom. The van der Waals surface area contributed by atoms with Crippen LogP contribution in [0, 0.1) is 5.92 Å². The Morgan fingerprint density at radius 3 is 2.95 bits per heavy atom. The van der Waals surface area contributed by atoms with Crippen LogP contribution >= 0.6 is 0 Å². The summed E-state index contributed by atoms with van der Waals surface area (Å²) in [5.41, 5.74) is 2.72. The summed E-state index contributed by atoms with van der Waals surface area (Å²) in [6.45, 7) is 4.04. The van der Waals surface area contributed by atoms with E-state index in [4.69, 9.17) is 4.74 Å². The number of aryl methyl sites for hydroxylation is 1. The van der Waals surface area contributed by atoms with Crippen molar-refractivity contribution in [3.8, 4) is 5.75 Å². The first-order valence-corrected chi connectivity index (χ1v) is 8.02. The van der Waals surface area contributed by atoms with Crippen molar-refractivity contribution in [2.45, 2.75) is 38.6 Å². The zero-order valence-electron chi connectivity index (χ0n) is 12.7. The molecule has 0 spiro atoms. The highest BCUT2D eigenvalue weighted by atomic mass is 16.5. The van der Waals surface area contributed by atoms with Gasteiger partial charge >= 0.3 is 0 Å². The van der Waals surface area contributed by atoms with Crippen LogP contribution in [0.5, 0.6) is 5.75 Å². The number of fused-ring (bicyclic) bond motifs is 1. The third-order valence-corrected chi connectivity index (χ3v) is 4.30. The molecule has 1 saturated carbocycles. The van der Waals surface area contributed by atoms with Gasteiger partial charge < -0.3 is 15.4 Å². The Kier molecular flexibility index (Phi) is 4.44. The molecule has 1 unspecified atom stereocenters. The van der Waals surface area contributed by atoms with E-state index >= 15 is 0 Å². The zero-order valence-corrected chi connectivity index (χ0v) is 12.7. The fraction of sp³-hybridized carbons (Fsp3) is 0.588. The van der Waals surface area contributed by atoms with E-state index in [9.17, 15) is 4.79 Å². The number of rotatable bonds is 7. The summed E-state index contributed by atoms with van der Waals surface area (Å²) in [6, 6.07) is 6.66. The van der Waals surface area contributed by atoms with Gasteiger partial charge in [-0.1, -0.05) is 13.0 Å². The van der Waals surface area contributed by atoms with Gasteiger partial charge in [-0.15, -0.1) is 0 Å². The second-order valence-electron chi connectivity index (χ2n) is 6.05. The van der Waals surface area contributed by atoms with Gasteiger partial charge in [-0.2, -0.15) is 0 Å². The van der Waals surface area contributed by atoms with Gasteiger partial charge in [0.15, 0.2) is 6.61 Å². The second kappa shape index (κ2) is 6.48. The third-order valence-electron chi connectivity index (χ3n) is 4.30. The molecule has 2 N–H and O–H groups in total. The first-order valence-electron chi connectivity index (χ1n) is 8.02. The van der Waals surface area contributed by atoms with Crippen LogP contribution < -0.4 is 15.4 Å². The quantitative estimate of drug-likeness (QED) is 0.808.